The smallest absolute Gasteiger partial charge is 0.465 e. The maximum Gasteiger partial charge on any atom is 0.586 e. The number of esters is 2. The molecule has 0 aliphatic carbocycles. The normalized spacial score (nSPS) is 12.5. The van der Waals surface area contributed by atoms with Crippen LogP contribution in [0.2, 0.25) is 0 Å². The summed E-state index contributed by atoms with van der Waals surface area (Å²) in [5.41, 5.74) is 1.45. The van der Waals surface area contributed by atoms with Crippen LogP contribution in [0.25, 0.3) is 0 Å². The number of fused-ring (bicyclic) bond motifs is 1. The Morgan fingerprint density at radius 1 is 0.851 bits per heavy atom. The van der Waals surface area contributed by atoms with Gasteiger partial charge < -0.3 is 29.6 Å². The van der Waals surface area contributed by atoms with Crippen LogP contribution < -0.4 is 25.0 Å². The largest absolute Gasteiger partial charge is 0.586 e. The summed E-state index contributed by atoms with van der Waals surface area (Å²) in [4.78, 5) is 67.4. The number of pyridine rings is 1. The molecule has 47 heavy (non-hydrogen) atoms. The van der Waals surface area contributed by atoms with E-state index in [-0.39, 0.29) is 74.0 Å². The number of benzene rings is 2. The van der Waals surface area contributed by atoms with Crippen molar-refractivity contribution in [2.75, 3.05) is 28.7 Å². The molecule has 2 N–H and O–H groups in total. The molecule has 0 unspecified atom stereocenters. The number of anilines is 3. The van der Waals surface area contributed by atoms with Crippen molar-refractivity contribution in [3.05, 3.63) is 71.9 Å². The first-order valence-electron chi connectivity index (χ1n) is 14.7. The third kappa shape index (κ3) is 9.45. The minimum atomic E-state index is -3.79. The van der Waals surface area contributed by atoms with Crippen molar-refractivity contribution in [1.82, 2.24) is 4.98 Å². The molecule has 0 atom stereocenters. The molecule has 3 amide bonds. The summed E-state index contributed by atoms with van der Waals surface area (Å²) in [6.07, 6.45) is -2.72. The third-order valence-corrected chi connectivity index (χ3v) is 6.59. The van der Waals surface area contributed by atoms with Crippen molar-refractivity contribution in [1.29, 1.82) is 0 Å². The lowest BCUT2D eigenvalue weighted by atomic mass is 10.1. The van der Waals surface area contributed by atoms with Gasteiger partial charge in [0.15, 0.2) is 11.5 Å². The highest BCUT2D eigenvalue weighted by Crippen LogP contribution is 2.42. The minimum Gasteiger partial charge on any atom is -0.465 e. The zero-order valence-corrected chi connectivity index (χ0v) is 25.5. The van der Waals surface area contributed by atoms with Gasteiger partial charge in [0, 0.05) is 43.0 Å². The number of amides is 3. The summed E-state index contributed by atoms with van der Waals surface area (Å²) in [6, 6.07) is 13.6. The number of ether oxygens (including phenoxy) is 4. The number of nitrogens with one attached hydrogen (secondary N) is 2. The predicted octanol–water partition coefficient (Wildman–Crippen LogP) is 4.81. The lowest BCUT2D eigenvalue weighted by molar-refractivity contribution is -0.286. The van der Waals surface area contributed by atoms with Crippen molar-refractivity contribution < 1.29 is 51.7 Å². The van der Waals surface area contributed by atoms with Crippen LogP contribution in [-0.2, 0) is 35.2 Å². The highest BCUT2D eigenvalue weighted by molar-refractivity contribution is 6.14. The van der Waals surface area contributed by atoms with Gasteiger partial charge in [-0.3, -0.25) is 24.0 Å². The quantitative estimate of drug-likeness (QED) is 0.229. The van der Waals surface area contributed by atoms with Gasteiger partial charge in [-0.2, -0.15) is 0 Å². The van der Waals surface area contributed by atoms with E-state index >= 15 is 0 Å². The maximum absolute atomic E-state index is 13.4. The molecule has 0 saturated carbocycles. The van der Waals surface area contributed by atoms with Crippen LogP contribution in [-0.4, -0.2) is 54.2 Å². The molecule has 1 aliphatic rings. The Balaban J connectivity index is 1.46. The molecule has 1 aliphatic heterocycles. The molecule has 0 fully saturated rings. The second-order valence-electron chi connectivity index (χ2n) is 9.98. The van der Waals surface area contributed by atoms with Gasteiger partial charge >= 0.3 is 18.2 Å². The number of imide groups is 1. The summed E-state index contributed by atoms with van der Waals surface area (Å²) >= 11 is 0. The number of hydrogen-bond acceptors (Lipinski definition) is 11. The summed E-state index contributed by atoms with van der Waals surface area (Å²) in [5.74, 6) is -3.26. The summed E-state index contributed by atoms with van der Waals surface area (Å²) in [7, 11) is 0. The Kier molecular flexibility index (Phi) is 11.4. The van der Waals surface area contributed by atoms with Gasteiger partial charge in [-0.15, -0.1) is 8.78 Å². The average molecular weight is 655 g/mol. The Hall–Kier alpha value is -5.60. The van der Waals surface area contributed by atoms with Crippen LogP contribution in [0.15, 0.2) is 60.8 Å². The van der Waals surface area contributed by atoms with Crippen molar-refractivity contribution in [2.45, 2.75) is 52.4 Å². The number of hydrogen-bond donors (Lipinski definition) is 2. The molecule has 1 aromatic heterocycles. The van der Waals surface area contributed by atoms with E-state index in [9.17, 15) is 32.8 Å². The number of rotatable bonds is 14. The van der Waals surface area contributed by atoms with Gasteiger partial charge in [0.05, 0.1) is 18.4 Å². The van der Waals surface area contributed by atoms with Crippen LogP contribution in [0.3, 0.4) is 0 Å². The number of halogens is 2. The van der Waals surface area contributed by atoms with Gasteiger partial charge in [-0.25, -0.2) is 9.88 Å². The molecular formula is C32H32F2N4O9. The fourth-order valence-electron chi connectivity index (χ4n) is 4.28. The van der Waals surface area contributed by atoms with Crippen molar-refractivity contribution in [3.8, 4) is 11.5 Å². The minimum absolute atomic E-state index is 0.00218. The van der Waals surface area contributed by atoms with Crippen molar-refractivity contribution >= 4 is 46.9 Å². The van der Waals surface area contributed by atoms with E-state index in [1.165, 1.54) is 30.5 Å². The molecule has 0 radical (unpaired) electrons. The summed E-state index contributed by atoms with van der Waals surface area (Å²) < 4.78 is 45.6. The SMILES string of the molecule is CCC(=O)OCCC(=O)N(C(=O)CCOC(=O)CC)c1cc(CNc2ccccc2C(=O)Nc2ccc3c(c2)OC(F)(F)O3)ccn1. The van der Waals surface area contributed by atoms with E-state index in [0.29, 0.717) is 11.3 Å². The lowest BCUT2D eigenvalue weighted by Gasteiger charge is -2.21. The van der Waals surface area contributed by atoms with Gasteiger partial charge in [0.2, 0.25) is 11.8 Å². The molecule has 3 aromatic rings. The number of carbonyl (C=O) groups is 5. The molecule has 4 rings (SSSR count). The average Bonchev–Trinajstić information content (AvgIpc) is 3.37. The van der Waals surface area contributed by atoms with Crippen LogP contribution in [0.5, 0.6) is 11.5 Å². The topological polar surface area (TPSA) is 162 Å². The monoisotopic (exact) mass is 654 g/mol. The zero-order valence-electron chi connectivity index (χ0n) is 25.5. The number of carbonyl (C=O) groups excluding carboxylic acids is 5. The van der Waals surface area contributed by atoms with E-state index in [4.69, 9.17) is 9.47 Å². The second-order valence-corrected chi connectivity index (χ2v) is 9.98. The molecule has 15 heteroatoms. The Morgan fingerprint density at radius 3 is 2.15 bits per heavy atom. The van der Waals surface area contributed by atoms with Crippen LogP contribution >= 0.6 is 0 Å². The molecular weight excluding hydrogens is 622 g/mol. The van der Waals surface area contributed by atoms with Crippen LogP contribution in [0, 0.1) is 0 Å². The number of alkyl halides is 2. The van der Waals surface area contributed by atoms with E-state index in [0.717, 1.165) is 4.90 Å². The first-order chi connectivity index (χ1) is 22.5. The van der Waals surface area contributed by atoms with E-state index in [2.05, 4.69) is 25.1 Å². The van der Waals surface area contributed by atoms with Gasteiger partial charge in [0.25, 0.3) is 5.91 Å². The molecule has 248 valence electrons. The van der Waals surface area contributed by atoms with Gasteiger partial charge in [-0.1, -0.05) is 26.0 Å². The van der Waals surface area contributed by atoms with Gasteiger partial charge in [0.1, 0.15) is 19.0 Å². The highest BCUT2D eigenvalue weighted by Gasteiger charge is 2.43. The Labute approximate surface area is 268 Å². The molecule has 2 aromatic carbocycles. The third-order valence-electron chi connectivity index (χ3n) is 6.59. The van der Waals surface area contributed by atoms with E-state index in [1.807, 2.05) is 0 Å². The van der Waals surface area contributed by atoms with E-state index < -0.39 is 36.0 Å². The first kappa shape index (κ1) is 34.3. The highest BCUT2D eigenvalue weighted by atomic mass is 19.3. The number of para-hydroxylation sites is 1. The fourth-order valence-corrected chi connectivity index (χ4v) is 4.28. The Morgan fingerprint density at radius 2 is 1.49 bits per heavy atom. The summed E-state index contributed by atoms with van der Waals surface area (Å²) in [5, 5.41) is 5.79. The van der Waals surface area contributed by atoms with Crippen LogP contribution in [0.1, 0.15) is 55.5 Å². The molecule has 13 nitrogen and oxygen atoms in total. The fraction of sp³-hybridized carbons (Fsp3) is 0.312. The lowest BCUT2D eigenvalue weighted by Crippen LogP contribution is -2.39. The predicted molar refractivity (Wildman–Crippen MR) is 163 cm³/mol. The first-order valence-corrected chi connectivity index (χ1v) is 14.7. The number of aromatic nitrogens is 1. The van der Waals surface area contributed by atoms with Crippen molar-refractivity contribution in [3.63, 3.8) is 0 Å². The van der Waals surface area contributed by atoms with Crippen LogP contribution in [0.4, 0.5) is 26.0 Å². The molecule has 0 saturated heterocycles. The van der Waals surface area contributed by atoms with Gasteiger partial charge in [-0.05, 0) is 42.0 Å². The summed E-state index contributed by atoms with van der Waals surface area (Å²) in [6.45, 7) is 2.88. The standard InChI is InChI=1S/C32H32F2N4O9/c1-3-29(41)44-15-12-27(39)38(28(40)13-16-45-30(42)4-2)26-17-20(11-14-35-26)19-36-23-8-6-5-7-22(23)31(43)37-21-9-10-24-25(18-21)47-32(33,34)46-24/h5-11,14,17-18,36H,3-4,12-13,15-16,19H2,1-2H3,(H,37,43). The number of nitrogens with zero attached hydrogens (tertiary/aromatic N) is 2. The van der Waals surface area contributed by atoms with E-state index in [1.54, 1.807) is 44.2 Å². The molecule has 0 bridgehead atoms. The zero-order chi connectivity index (χ0) is 34.0. The second kappa shape index (κ2) is 15.6. The maximum atomic E-state index is 13.4. The Bertz CT molecular complexity index is 1620. The van der Waals surface area contributed by atoms with Crippen molar-refractivity contribution in [2.24, 2.45) is 0 Å². The molecule has 2 heterocycles. The molecule has 0 spiro atoms.